The molecule has 1 aromatic heterocycles. The van der Waals surface area contributed by atoms with Gasteiger partial charge in [0.2, 0.25) is 0 Å². The van der Waals surface area contributed by atoms with Crippen molar-refractivity contribution in [1.82, 2.24) is 9.88 Å². The zero-order chi connectivity index (χ0) is 9.14. The van der Waals surface area contributed by atoms with Crippen LogP contribution in [-0.2, 0) is 7.05 Å². The van der Waals surface area contributed by atoms with E-state index in [2.05, 4.69) is 5.32 Å². The molecular weight excluding hydrogens is 281 g/mol. The first-order valence-electron chi connectivity index (χ1n) is 3.93. The normalized spacial score (nSPS) is 9.54. The molecule has 5 heteroatoms. The summed E-state index contributed by atoms with van der Waals surface area (Å²) in [6.07, 6.45) is 5.26. The zero-order valence-electron chi connectivity index (χ0n) is 7.99. The van der Waals surface area contributed by atoms with Crippen LogP contribution in [-0.4, -0.2) is 16.6 Å². The summed E-state index contributed by atoms with van der Waals surface area (Å²) in [7, 11) is 1.87. The van der Waals surface area contributed by atoms with Gasteiger partial charge < -0.3 is 29.3 Å². The summed E-state index contributed by atoms with van der Waals surface area (Å²) in [5, 5.41) is 2.78. The van der Waals surface area contributed by atoms with Crippen molar-refractivity contribution in [3.8, 4) is 0 Å². The first-order valence-corrected chi connectivity index (χ1v) is 3.93. The molecule has 0 bridgehead atoms. The molecule has 1 amide bonds. The number of rotatable bonds is 1. The van der Waals surface area contributed by atoms with Gasteiger partial charge in [0.15, 0.2) is 0 Å². The van der Waals surface area contributed by atoms with E-state index in [1.165, 1.54) is 4.57 Å². The highest BCUT2D eigenvalue weighted by Crippen LogP contribution is 1.85. The van der Waals surface area contributed by atoms with Gasteiger partial charge in [-0.15, -0.1) is 0 Å². The van der Waals surface area contributed by atoms with E-state index in [4.69, 9.17) is 0 Å². The van der Waals surface area contributed by atoms with Crippen LogP contribution in [0.1, 0.15) is 13.8 Å². The number of imidazole rings is 1. The Labute approximate surface area is 95.0 Å². The first-order chi connectivity index (χ1) is 5.59. The summed E-state index contributed by atoms with van der Waals surface area (Å²) < 4.78 is 3.33. The summed E-state index contributed by atoms with van der Waals surface area (Å²) in [5.74, 6) is 0. The van der Waals surface area contributed by atoms with Crippen LogP contribution in [0.25, 0.3) is 0 Å². The number of aromatic nitrogens is 2. The molecule has 0 saturated heterocycles. The summed E-state index contributed by atoms with van der Waals surface area (Å²) >= 11 is 0. The number of amides is 1. The highest BCUT2D eigenvalue weighted by molar-refractivity contribution is 5.76. The molecule has 0 fully saturated rings. The van der Waals surface area contributed by atoms with Crippen LogP contribution >= 0.6 is 0 Å². The number of hydrogen-bond acceptors (Lipinski definition) is 1. The zero-order valence-corrected chi connectivity index (χ0v) is 10.1. The van der Waals surface area contributed by atoms with Crippen LogP contribution in [0, 0.1) is 0 Å². The van der Waals surface area contributed by atoms with Gasteiger partial charge in [0, 0.05) is 6.04 Å². The lowest BCUT2D eigenvalue weighted by atomic mass is 10.4. The van der Waals surface area contributed by atoms with Crippen molar-refractivity contribution in [2.75, 3.05) is 0 Å². The predicted molar refractivity (Wildman–Crippen MR) is 44.7 cm³/mol. The van der Waals surface area contributed by atoms with E-state index in [1.807, 2.05) is 31.7 Å². The minimum atomic E-state index is -0.0920. The number of aryl methyl sites for hydroxylation is 1. The van der Waals surface area contributed by atoms with Gasteiger partial charge in [-0.2, -0.15) is 4.57 Å². The third-order valence-corrected chi connectivity index (χ3v) is 1.42. The summed E-state index contributed by atoms with van der Waals surface area (Å²) in [4.78, 5) is 11.3. The van der Waals surface area contributed by atoms with Crippen molar-refractivity contribution in [3.05, 3.63) is 18.7 Å². The molecule has 1 N–H and O–H groups in total. The molecule has 0 radical (unpaired) electrons. The molecular formula is C8H14IN3O. The van der Waals surface area contributed by atoms with E-state index in [-0.39, 0.29) is 36.0 Å². The number of nitrogens with one attached hydrogen (secondary N) is 1. The van der Waals surface area contributed by atoms with Gasteiger partial charge in [0.05, 0.1) is 7.05 Å². The minimum Gasteiger partial charge on any atom is -1.00 e. The second-order valence-electron chi connectivity index (χ2n) is 3.09. The molecule has 0 atom stereocenters. The first kappa shape index (κ1) is 12.4. The fourth-order valence-electron chi connectivity index (χ4n) is 0.892. The average Bonchev–Trinajstić information content (AvgIpc) is 2.34. The van der Waals surface area contributed by atoms with Crippen LogP contribution in [0.2, 0.25) is 0 Å². The lowest BCUT2D eigenvalue weighted by molar-refractivity contribution is -0.670. The van der Waals surface area contributed by atoms with Gasteiger partial charge in [0.25, 0.3) is 6.33 Å². The fourth-order valence-corrected chi connectivity index (χ4v) is 0.892. The standard InChI is InChI=1S/C8H13N3O.HI/c1-7(2)9-8(12)11-5-4-10(3)6-11;/h4-7H,1-3H3;1H. The predicted octanol–water partition coefficient (Wildman–Crippen LogP) is -2.72. The third-order valence-electron chi connectivity index (χ3n) is 1.42. The maximum Gasteiger partial charge on any atom is 0.413 e. The minimum absolute atomic E-state index is 0. The van der Waals surface area contributed by atoms with Crippen molar-refractivity contribution in [1.29, 1.82) is 0 Å². The molecule has 0 unspecified atom stereocenters. The molecule has 0 aliphatic carbocycles. The molecule has 0 saturated carbocycles. The fraction of sp³-hybridized carbons (Fsp3) is 0.500. The molecule has 0 spiro atoms. The van der Waals surface area contributed by atoms with Gasteiger partial charge in [0.1, 0.15) is 12.4 Å². The Morgan fingerprint density at radius 2 is 2.15 bits per heavy atom. The summed E-state index contributed by atoms with van der Waals surface area (Å²) in [5.41, 5.74) is 0. The van der Waals surface area contributed by atoms with E-state index in [1.54, 1.807) is 12.5 Å². The Balaban J connectivity index is 0.00000144. The smallest absolute Gasteiger partial charge is 0.413 e. The maximum atomic E-state index is 11.3. The Morgan fingerprint density at radius 3 is 2.54 bits per heavy atom. The third kappa shape index (κ3) is 3.75. The Morgan fingerprint density at radius 1 is 1.54 bits per heavy atom. The van der Waals surface area contributed by atoms with E-state index in [0.29, 0.717) is 0 Å². The molecule has 0 aliphatic rings. The molecule has 1 aromatic rings. The number of nitrogens with zero attached hydrogens (tertiary/aromatic N) is 2. The molecule has 0 aliphatic heterocycles. The number of carbonyl (C=O) groups excluding carboxylic acids is 1. The highest BCUT2D eigenvalue weighted by atomic mass is 127. The largest absolute Gasteiger partial charge is 1.00 e. The number of hydrogen-bond donors (Lipinski definition) is 1. The Bertz CT molecular complexity index is 283. The second kappa shape index (κ2) is 5.21. The number of carbonyl (C=O) groups is 1. The summed E-state index contributed by atoms with van der Waals surface area (Å²) in [6, 6.07) is 0.0795. The number of halogens is 1. The molecule has 13 heavy (non-hydrogen) atoms. The van der Waals surface area contributed by atoms with Crippen LogP contribution in [0.4, 0.5) is 4.79 Å². The van der Waals surface area contributed by atoms with Crippen molar-refractivity contribution < 1.29 is 33.3 Å². The second-order valence-corrected chi connectivity index (χ2v) is 3.09. The molecule has 1 rings (SSSR count). The monoisotopic (exact) mass is 295 g/mol. The lowest BCUT2D eigenvalue weighted by Gasteiger charge is -2.03. The van der Waals surface area contributed by atoms with Crippen molar-refractivity contribution in [2.45, 2.75) is 19.9 Å². The van der Waals surface area contributed by atoms with E-state index < -0.39 is 0 Å². The highest BCUT2D eigenvalue weighted by Gasteiger charge is 2.11. The van der Waals surface area contributed by atoms with E-state index in [0.717, 1.165) is 0 Å². The van der Waals surface area contributed by atoms with Gasteiger partial charge in [-0.1, -0.05) is 0 Å². The quantitative estimate of drug-likeness (QED) is 0.444. The average molecular weight is 295 g/mol. The molecule has 0 aromatic carbocycles. The van der Waals surface area contributed by atoms with Crippen molar-refractivity contribution in [2.24, 2.45) is 7.05 Å². The van der Waals surface area contributed by atoms with E-state index in [9.17, 15) is 4.79 Å². The van der Waals surface area contributed by atoms with Gasteiger partial charge >= 0.3 is 6.03 Å². The topological polar surface area (TPSA) is 37.9 Å². The van der Waals surface area contributed by atoms with Crippen LogP contribution in [0.5, 0.6) is 0 Å². The van der Waals surface area contributed by atoms with Gasteiger partial charge in [-0.05, 0) is 13.8 Å². The Kier molecular flexibility index (Phi) is 4.97. The maximum absolute atomic E-state index is 11.3. The Hall–Kier alpha value is -0.590. The van der Waals surface area contributed by atoms with Gasteiger partial charge in [-0.25, -0.2) is 9.36 Å². The van der Waals surface area contributed by atoms with Crippen LogP contribution in [0.3, 0.4) is 0 Å². The lowest BCUT2D eigenvalue weighted by Crippen LogP contribution is -3.00. The van der Waals surface area contributed by atoms with Crippen LogP contribution < -0.4 is 33.9 Å². The van der Waals surface area contributed by atoms with Gasteiger partial charge in [-0.3, -0.25) is 0 Å². The molecule has 1 heterocycles. The van der Waals surface area contributed by atoms with Crippen molar-refractivity contribution in [3.63, 3.8) is 0 Å². The molecule has 74 valence electrons. The van der Waals surface area contributed by atoms with Crippen LogP contribution in [0.15, 0.2) is 18.7 Å². The van der Waals surface area contributed by atoms with E-state index >= 15 is 0 Å². The SMILES string of the molecule is CC(C)NC(=O)n1cc[n+](C)c1.[I-]. The van der Waals surface area contributed by atoms with Crippen molar-refractivity contribution >= 4 is 6.03 Å². The summed E-state index contributed by atoms with van der Waals surface area (Å²) in [6.45, 7) is 3.86. The molecule has 4 nitrogen and oxygen atoms in total.